The SMILES string of the molecule is CCCn1c(N)c(C(=O)C[NH+](C)Cc2cccs2)c(=O)[nH]c1=O. The first kappa shape index (κ1) is 17.2. The molecule has 0 aliphatic heterocycles. The molecular weight excluding hydrogens is 316 g/mol. The Labute approximate surface area is 137 Å². The Hall–Kier alpha value is -2.19. The third-order valence-electron chi connectivity index (χ3n) is 3.48. The minimum atomic E-state index is -0.714. The van der Waals surface area contributed by atoms with Gasteiger partial charge in [-0.25, -0.2) is 4.79 Å². The molecular formula is C15H21N4O3S+. The van der Waals surface area contributed by atoms with Gasteiger partial charge in [0.2, 0.25) is 5.78 Å². The minimum absolute atomic E-state index is 0.0467. The molecule has 124 valence electrons. The molecule has 0 amide bonds. The van der Waals surface area contributed by atoms with Crippen molar-refractivity contribution in [2.45, 2.75) is 26.4 Å². The Balaban J connectivity index is 2.23. The number of likely N-dealkylation sites (N-methyl/N-ethyl adjacent to an activating group) is 1. The fraction of sp³-hybridized carbons (Fsp3) is 0.400. The highest BCUT2D eigenvalue weighted by Gasteiger charge is 2.22. The monoisotopic (exact) mass is 337 g/mol. The van der Waals surface area contributed by atoms with Crippen molar-refractivity contribution in [2.24, 2.45) is 0 Å². The first-order valence-electron chi connectivity index (χ1n) is 7.43. The topological polar surface area (TPSA) is 102 Å². The predicted octanol–water partition coefficient (Wildman–Crippen LogP) is -0.512. The van der Waals surface area contributed by atoms with Gasteiger partial charge in [-0.3, -0.25) is 19.1 Å². The number of carbonyl (C=O) groups excluding carboxylic acids is 1. The molecule has 0 saturated heterocycles. The van der Waals surface area contributed by atoms with Crippen LogP contribution < -0.4 is 21.9 Å². The van der Waals surface area contributed by atoms with E-state index in [0.29, 0.717) is 19.5 Å². The number of thiophene rings is 1. The van der Waals surface area contributed by atoms with Crippen molar-refractivity contribution in [3.05, 3.63) is 48.8 Å². The first-order chi connectivity index (χ1) is 10.9. The van der Waals surface area contributed by atoms with Gasteiger partial charge in [0.1, 0.15) is 24.5 Å². The van der Waals surface area contributed by atoms with Crippen LogP contribution in [0.25, 0.3) is 0 Å². The summed E-state index contributed by atoms with van der Waals surface area (Å²) in [5.74, 6) is -0.405. The number of H-pyrrole nitrogens is 1. The Morgan fingerprint density at radius 2 is 2.17 bits per heavy atom. The zero-order valence-corrected chi connectivity index (χ0v) is 14.0. The van der Waals surface area contributed by atoms with E-state index in [1.54, 1.807) is 11.3 Å². The molecule has 0 radical (unpaired) electrons. The van der Waals surface area contributed by atoms with Gasteiger partial charge in [-0.05, 0) is 17.9 Å². The van der Waals surface area contributed by atoms with Crippen LogP contribution in [0.3, 0.4) is 0 Å². The van der Waals surface area contributed by atoms with E-state index in [0.717, 1.165) is 9.78 Å². The van der Waals surface area contributed by atoms with E-state index in [4.69, 9.17) is 5.73 Å². The largest absolute Gasteiger partial charge is 0.384 e. The fourth-order valence-corrected chi connectivity index (χ4v) is 3.26. The molecule has 0 aromatic carbocycles. The molecule has 1 unspecified atom stereocenters. The number of anilines is 1. The number of nitrogens with one attached hydrogen (secondary N) is 2. The van der Waals surface area contributed by atoms with E-state index >= 15 is 0 Å². The zero-order chi connectivity index (χ0) is 17.0. The van der Waals surface area contributed by atoms with Crippen molar-refractivity contribution in [3.63, 3.8) is 0 Å². The molecule has 0 spiro atoms. The maximum Gasteiger partial charge on any atom is 0.329 e. The number of ketones is 1. The van der Waals surface area contributed by atoms with E-state index in [2.05, 4.69) is 4.98 Å². The van der Waals surface area contributed by atoms with E-state index < -0.39 is 11.2 Å². The second-order valence-electron chi connectivity index (χ2n) is 5.48. The number of nitrogen functional groups attached to an aromatic ring is 1. The lowest BCUT2D eigenvalue weighted by Gasteiger charge is -2.14. The summed E-state index contributed by atoms with van der Waals surface area (Å²) in [5.41, 5.74) is 4.48. The third-order valence-corrected chi connectivity index (χ3v) is 4.36. The molecule has 2 heterocycles. The maximum absolute atomic E-state index is 12.5. The average molecular weight is 337 g/mol. The second-order valence-corrected chi connectivity index (χ2v) is 6.52. The summed E-state index contributed by atoms with van der Waals surface area (Å²) in [5, 5.41) is 1.98. The molecule has 7 nitrogen and oxygen atoms in total. The van der Waals surface area contributed by atoms with E-state index in [9.17, 15) is 14.4 Å². The molecule has 0 aliphatic carbocycles. The van der Waals surface area contributed by atoms with Crippen molar-refractivity contribution in [3.8, 4) is 0 Å². The van der Waals surface area contributed by atoms with E-state index in [1.165, 1.54) is 4.57 Å². The molecule has 0 aliphatic rings. The molecule has 2 aromatic rings. The zero-order valence-electron chi connectivity index (χ0n) is 13.2. The summed E-state index contributed by atoms with van der Waals surface area (Å²) in [6.07, 6.45) is 0.674. The number of nitrogens with two attached hydrogens (primary N) is 1. The summed E-state index contributed by atoms with van der Waals surface area (Å²) in [6.45, 7) is 3.07. The maximum atomic E-state index is 12.5. The Morgan fingerprint density at radius 3 is 2.78 bits per heavy atom. The van der Waals surface area contributed by atoms with Crippen LogP contribution in [0, 0.1) is 0 Å². The van der Waals surface area contributed by atoms with Crippen molar-refractivity contribution >= 4 is 22.9 Å². The first-order valence-corrected chi connectivity index (χ1v) is 8.31. The summed E-state index contributed by atoms with van der Waals surface area (Å²) in [7, 11) is 1.88. The molecule has 2 rings (SSSR count). The number of aromatic amines is 1. The van der Waals surface area contributed by atoms with Gasteiger partial charge in [0.05, 0.1) is 11.9 Å². The smallest absolute Gasteiger partial charge is 0.329 e. The average Bonchev–Trinajstić information content (AvgIpc) is 2.95. The third kappa shape index (κ3) is 3.96. The molecule has 23 heavy (non-hydrogen) atoms. The van der Waals surface area contributed by atoms with Crippen molar-refractivity contribution < 1.29 is 9.69 Å². The molecule has 0 fully saturated rings. The van der Waals surface area contributed by atoms with Crippen molar-refractivity contribution in [1.29, 1.82) is 0 Å². The van der Waals surface area contributed by atoms with Gasteiger partial charge >= 0.3 is 5.69 Å². The summed E-state index contributed by atoms with van der Waals surface area (Å²) in [6, 6.07) is 3.96. The molecule has 8 heteroatoms. The molecule has 0 saturated carbocycles. The van der Waals surface area contributed by atoms with Gasteiger partial charge in [0.25, 0.3) is 5.56 Å². The molecule has 2 aromatic heterocycles. The Morgan fingerprint density at radius 1 is 1.43 bits per heavy atom. The van der Waals surface area contributed by atoms with Gasteiger partial charge in [-0.1, -0.05) is 13.0 Å². The number of rotatable bonds is 7. The molecule has 0 bridgehead atoms. The fourth-order valence-electron chi connectivity index (χ4n) is 2.44. The lowest BCUT2D eigenvalue weighted by atomic mass is 10.2. The van der Waals surface area contributed by atoms with Gasteiger partial charge < -0.3 is 10.6 Å². The van der Waals surface area contributed by atoms with E-state index in [1.807, 2.05) is 31.5 Å². The standard InChI is InChI=1S/C15H20N4O3S/c1-3-6-19-13(16)12(14(21)17-15(19)22)11(20)9-18(2)8-10-5-4-7-23-10/h4-5,7H,3,6,8-9,16H2,1-2H3,(H,17,21,22)/p+1. The number of hydrogen-bond acceptors (Lipinski definition) is 5. The molecule has 1 atom stereocenters. The number of nitrogens with zero attached hydrogens (tertiary/aromatic N) is 1. The Bertz CT molecular complexity index is 792. The number of hydrogen-bond donors (Lipinski definition) is 3. The lowest BCUT2D eigenvalue weighted by molar-refractivity contribution is -0.884. The van der Waals surface area contributed by atoms with Gasteiger partial charge in [-0.15, -0.1) is 11.3 Å². The summed E-state index contributed by atoms with van der Waals surface area (Å²) >= 11 is 1.62. The number of quaternary nitrogens is 1. The van der Waals surface area contributed by atoms with Crippen LogP contribution >= 0.6 is 11.3 Å². The normalized spacial score (nSPS) is 12.3. The van der Waals surface area contributed by atoms with Crippen LogP contribution in [0.4, 0.5) is 5.82 Å². The number of carbonyl (C=O) groups is 1. The number of Topliss-reactive ketones (excluding diaryl/α,β-unsaturated/α-hetero) is 1. The highest BCUT2D eigenvalue weighted by molar-refractivity contribution is 7.09. The summed E-state index contributed by atoms with van der Waals surface area (Å²) < 4.78 is 1.24. The van der Waals surface area contributed by atoms with Crippen LogP contribution in [-0.2, 0) is 13.1 Å². The van der Waals surface area contributed by atoms with Crippen LogP contribution in [0.15, 0.2) is 27.1 Å². The lowest BCUT2D eigenvalue weighted by Crippen LogP contribution is -3.08. The summed E-state index contributed by atoms with van der Waals surface area (Å²) in [4.78, 5) is 40.5. The second kappa shape index (κ2) is 7.38. The molecule has 4 N–H and O–H groups in total. The van der Waals surface area contributed by atoms with Gasteiger partial charge in [0, 0.05) is 6.54 Å². The van der Waals surface area contributed by atoms with Crippen molar-refractivity contribution in [2.75, 3.05) is 19.3 Å². The van der Waals surface area contributed by atoms with Crippen LogP contribution in [0.5, 0.6) is 0 Å². The number of aromatic nitrogens is 2. The highest BCUT2D eigenvalue weighted by Crippen LogP contribution is 2.07. The van der Waals surface area contributed by atoms with Crippen molar-refractivity contribution in [1.82, 2.24) is 9.55 Å². The predicted molar refractivity (Wildman–Crippen MR) is 90.1 cm³/mol. The highest BCUT2D eigenvalue weighted by atomic mass is 32.1. The van der Waals surface area contributed by atoms with Crippen LogP contribution in [-0.4, -0.2) is 28.9 Å². The Kier molecular flexibility index (Phi) is 5.51. The van der Waals surface area contributed by atoms with Crippen LogP contribution in [0.1, 0.15) is 28.6 Å². The quantitative estimate of drug-likeness (QED) is 0.592. The minimum Gasteiger partial charge on any atom is -0.384 e. The van der Waals surface area contributed by atoms with Gasteiger partial charge in [0.15, 0.2) is 0 Å². The van der Waals surface area contributed by atoms with Gasteiger partial charge in [-0.2, -0.15) is 0 Å². The van der Waals surface area contributed by atoms with Crippen LogP contribution in [0.2, 0.25) is 0 Å². The van der Waals surface area contributed by atoms with E-state index in [-0.39, 0.29) is 23.7 Å².